The smallest absolute Gasteiger partial charge is 0.253 e. The molecule has 0 unspecified atom stereocenters. The number of amides is 2. The number of aromatic nitrogens is 2. The van der Waals surface area contributed by atoms with Crippen LogP contribution in [0.4, 0.5) is 17.2 Å². The Kier molecular flexibility index (Phi) is 5.47. The van der Waals surface area contributed by atoms with Crippen LogP contribution in [0.3, 0.4) is 0 Å². The van der Waals surface area contributed by atoms with Gasteiger partial charge in [0, 0.05) is 42.9 Å². The summed E-state index contributed by atoms with van der Waals surface area (Å²) >= 11 is 0. The highest BCUT2D eigenvalue weighted by Crippen LogP contribution is 2.39. The number of carbonyl (C=O) groups is 2. The van der Waals surface area contributed by atoms with Gasteiger partial charge in [-0.2, -0.15) is 0 Å². The van der Waals surface area contributed by atoms with Crippen molar-refractivity contribution in [3.05, 3.63) is 54.4 Å². The third kappa shape index (κ3) is 4.00. The highest BCUT2D eigenvalue weighted by Gasteiger charge is 2.38. The fraction of sp³-hybridized carbons (Fsp3) is 0.333. The second kappa shape index (κ2) is 8.82. The number of ether oxygens (including phenoxy) is 2. The van der Waals surface area contributed by atoms with Crippen LogP contribution in [-0.2, 0) is 4.79 Å². The third-order valence-corrected chi connectivity index (χ3v) is 7.05. The number of carbonyl (C=O) groups excluding carboxylic acids is 2. The average molecular weight is 486 g/mol. The summed E-state index contributed by atoms with van der Waals surface area (Å²) < 4.78 is 11.4. The maximum absolute atomic E-state index is 12.6. The summed E-state index contributed by atoms with van der Waals surface area (Å²) in [5.41, 5.74) is 3.77. The third-order valence-electron chi connectivity index (χ3n) is 7.05. The Balaban J connectivity index is 1.22. The number of anilines is 3. The molecule has 184 valence electrons. The first-order valence-electron chi connectivity index (χ1n) is 12.2. The van der Waals surface area contributed by atoms with E-state index >= 15 is 0 Å². The SMILES string of the molecule is COc1cc(Nc2cnc3c(c2)N2C(=O)CC[C@H]2CO3)ncc1-c1ccc(C(=O)N(C)C2CC2)cc1. The van der Waals surface area contributed by atoms with Gasteiger partial charge in [-0.05, 0) is 43.0 Å². The molecule has 1 aromatic carbocycles. The second-order valence-electron chi connectivity index (χ2n) is 9.43. The van der Waals surface area contributed by atoms with E-state index in [0.717, 1.165) is 30.4 Å². The minimum atomic E-state index is 0.0414. The fourth-order valence-corrected chi connectivity index (χ4v) is 4.86. The zero-order valence-corrected chi connectivity index (χ0v) is 20.2. The standard InChI is InChI=1S/C27H27N5O4/c1-31(19-7-8-19)27(34)17-5-3-16(4-6-17)21-14-28-24(12-23(21)35-2)30-18-11-22-26(29-13-18)36-15-20-9-10-25(33)32(20)22/h3-6,11-14,19-20H,7-10,15H2,1-2H3,(H,28,30)/t20-/m0/s1. The molecule has 0 bridgehead atoms. The Morgan fingerprint density at radius 3 is 2.69 bits per heavy atom. The first-order valence-corrected chi connectivity index (χ1v) is 12.2. The van der Waals surface area contributed by atoms with Crippen molar-refractivity contribution in [1.29, 1.82) is 0 Å². The summed E-state index contributed by atoms with van der Waals surface area (Å²) in [6, 6.07) is 11.6. The average Bonchev–Trinajstić information content (AvgIpc) is 3.69. The molecule has 9 nitrogen and oxygen atoms in total. The van der Waals surface area contributed by atoms with Crippen molar-refractivity contribution in [3.63, 3.8) is 0 Å². The van der Waals surface area contributed by atoms with Crippen LogP contribution in [0.1, 0.15) is 36.0 Å². The van der Waals surface area contributed by atoms with Crippen molar-refractivity contribution in [3.8, 4) is 22.8 Å². The molecule has 6 rings (SSSR count). The van der Waals surface area contributed by atoms with Gasteiger partial charge in [0.25, 0.3) is 5.91 Å². The van der Waals surface area contributed by atoms with Crippen molar-refractivity contribution < 1.29 is 19.1 Å². The lowest BCUT2D eigenvalue weighted by molar-refractivity contribution is -0.117. The Bertz CT molecular complexity index is 1340. The van der Waals surface area contributed by atoms with Gasteiger partial charge in [-0.15, -0.1) is 0 Å². The van der Waals surface area contributed by atoms with Crippen LogP contribution in [-0.4, -0.2) is 59.5 Å². The monoisotopic (exact) mass is 485 g/mol. The van der Waals surface area contributed by atoms with Gasteiger partial charge in [-0.3, -0.25) is 9.59 Å². The molecule has 3 aromatic rings. The molecule has 2 aliphatic heterocycles. The van der Waals surface area contributed by atoms with Gasteiger partial charge in [0.2, 0.25) is 11.8 Å². The Morgan fingerprint density at radius 1 is 1.14 bits per heavy atom. The topological polar surface area (TPSA) is 96.9 Å². The van der Waals surface area contributed by atoms with Crippen LogP contribution < -0.4 is 19.7 Å². The van der Waals surface area contributed by atoms with E-state index in [4.69, 9.17) is 9.47 Å². The molecule has 3 aliphatic rings. The molecule has 1 saturated carbocycles. The van der Waals surface area contributed by atoms with E-state index in [2.05, 4.69) is 15.3 Å². The molecule has 9 heteroatoms. The van der Waals surface area contributed by atoms with E-state index in [1.165, 1.54) is 0 Å². The number of hydrogen-bond donors (Lipinski definition) is 1. The summed E-state index contributed by atoms with van der Waals surface area (Å²) in [7, 11) is 3.47. The van der Waals surface area contributed by atoms with Gasteiger partial charge in [-0.25, -0.2) is 9.97 Å². The zero-order chi connectivity index (χ0) is 24.8. The Labute approximate surface area is 209 Å². The van der Waals surface area contributed by atoms with Crippen molar-refractivity contribution >= 4 is 29.0 Å². The first-order chi connectivity index (χ1) is 17.5. The molecule has 1 saturated heterocycles. The van der Waals surface area contributed by atoms with Crippen LogP contribution in [0, 0.1) is 0 Å². The molecule has 0 spiro atoms. The quantitative estimate of drug-likeness (QED) is 0.563. The highest BCUT2D eigenvalue weighted by atomic mass is 16.5. The van der Waals surface area contributed by atoms with Crippen LogP contribution in [0.2, 0.25) is 0 Å². The minimum absolute atomic E-state index is 0.0414. The van der Waals surface area contributed by atoms with Crippen molar-refractivity contribution in [2.45, 2.75) is 37.8 Å². The molecule has 2 aromatic heterocycles. The number of benzene rings is 1. The molecule has 36 heavy (non-hydrogen) atoms. The van der Waals surface area contributed by atoms with E-state index in [9.17, 15) is 9.59 Å². The Hall–Kier alpha value is -4.14. The second-order valence-corrected chi connectivity index (χ2v) is 9.43. The molecule has 2 amide bonds. The summed E-state index contributed by atoms with van der Waals surface area (Å²) in [5.74, 6) is 1.83. The molecule has 0 radical (unpaired) electrons. The van der Waals surface area contributed by atoms with Crippen molar-refractivity contribution in [1.82, 2.24) is 14.9 Å². The molecule has 1 N–H and O–H groups in total. The number of fused-ring (bicyclic) bond motifs is 3. The van der Waals surface area contributed by atoms with Crippen molar-refractivity contribution in [2.24, 2.45) is 0 Å². The lowest BCUT2D eigenvalue weighted by atomic mass is 10.0. The summed E-state index contributed by atoms with van der Waals surface area (Å²) in [5, 5.41) is 3.26. The summed E-state index contributed by atoms with van der Waals surface area (Å²) in [6.07, 6.45) is 6.88. The van der Waals surface area contributed by atoms with Crippen LogP contribution in [0.5, 0.6) is 11.6 Å². The predicted octanol–water partition coefficient (Wildman–Crippen LogP) is 4.02. The van der Waals surface area contributed by atoms with E-state index in [0.29, 0.717) is 53.5 Å². The predicted molar refractivity (Wildman–Crippen MR) is 135 cm³/mol. The van der Waals surface area contributed by atoms with Gasteiger partial charge in [0.1, 0.15) is 23.9 Å². The van der Waals surface area contributed by atoms with Crippen LogP contribution >= 0.6 is 0 Å². The molecule has 1 aliphatic carbocycles. The highest BCUT2D eigenvalue weighted by molar-refractivity contribution is 5.98. The van der Waals surface area contributed by atoms with Crippen LogP contribution in [0.25, 0.3) is 11.1 Å². The van der Waals surface area contributed by atoms with E-state index in [1.54, 1.807) is 24.4 Å². The van der Waals surface area contributed by atoms with Gasteiger partial charge in [0.05, 0.1) is 25.0 Å². The largest absolute Gasteiger partial charge is 0.496 e. The summed E-state index contributed by atoms with van der Waals surface area (Å²) in [6.45, 7) is 0.477. The zero-order valence-electron chi connectivity index (χ0n) is 20.2. The molecule has 2 fully saturated rings. The van der Waals surface area contributed by atoms with Crippen molar-refractivity contribution in [2.75, 3.05) is 31.0 Å². The number of methoxy groups -OCH3 is 1. The number of rotatable bonds is 6. The molecular formula is C27H27N5O4. The fourth-order valence-electron chi connectivity index (χ4n) is 4.86. The maximum atomic E-state index is 12.6. The van der Waals surface area contributed by atoms with E-state index in [1.807, 2.05) is 48.3 Å². The van der Waals surface area contributed by atoms with Gasteiger partial charge < -0.3 is 24.6 Å². The number of hydrogen-bond acceptors (Lipinski definition) is 7. The molecule has 4 heterocycles. The van der Waals surface area contributed by atoms with Crippen LogP contribution in [0.15, 0.2) is 48.8 Å². The Morgan fingerprint density at radius 2 is 1.94 bits per heavy atom. The molecular weight excluding hydrogens is 458 g/mol. The van der Waals surface area contributed by atoms with E-state index in [-0.39, 0.29) is 17.9 Å². The van der Waals surface area contributed by atoms with Gasteiger partial charge in [-0.1, -0.05) is 12.1 Å². The number of pyridine rings is 2. The normalized spacial score (nSPS) is 18.2. The lowest BCUT2D eigenvalue weighted by Crippen LogP contribution is -2.40. The van der Waals surface area contributed by atoms with Gasteiger partial charge >= 0.3 is 0 Å². The number of nitrogens with zero attached hydrogens (tertiary/aromatic N) is 4. The lowest BCUT2D eigenvalue weighted by Gasteiger charge is -2.31. The first kappa shape index (κ1) is 22.3. The van der Waals surface area contributed by atoms with E-state index < -0.39 is 0 Å². The molecule has 1 atom stereocenters. The van der Waals surface area contributed by atoms with Gasteiger partial charge in [0.15, 0.2) is 0 Å². The minimum Gasteiger partial charge on any atom is -0.496 e. The maximum Gasteiger partial charge on any atom is 0.253 e. The number of nitrogens with one attached hydrogen (secondary N) is 1. The summed E-state index contributed by atoms with van der Waals surface area (Å²) in [4.78, 5) is 37.6.